The summed E-state index contributed by atoms with van der Waals surface area (Å²) in [6.07, 6.45) is 1.60. The number of likely N-dealkylation sites (N-methyl/N-ethyl adjacent to an activating group) is 1. The van der Waals surface area contributed by atoms with Gasteiger partial charge in [0.05, 0.1) is 26.0 Å². The Hall–Kier alpha value is -2.27. The molecule has 2 aromatic rings. The molecule has 0 spiro atoms. The molecule has 118 valence electrons. The lowest BCUT2D eigenvalue weighted by Crippen LogP contribution is -2.36. The van der Waals surface area contributed by atoms with E-state index in [4.69, 9.17) is 9.15 Å². The largest absolute Gasteiger partial charge is 0.497 e. The minimum absolute atomic E-state index is 0.0331. The molecule has 0 fully saturated rings. The molecule has 0 saturated heterocycles. The van der Waals surface area contributed by atoms with Crippen LogP contribution in [0.15, 0.2) is 47.1 Å². The van der Waals surface area contributed by atoms with Crippen LogP contribution in [-0.2, 0) is 11.3 Å². The minimum atomic E-state index is -0.132. The van der Waals surface area contributed by atoms with Gasteiger partial charge in [-0.25, -0.2) is 0 Å². The zero-order valence-corrected chi connectivity index (χ0v) is 13.2. The van der Waals surface area contributed by atoms with Gasteiger partial charge in [-0.05, 0) is 43.8 Å². The second-order valence-corrected chi connectivity index (χ2v) is 5.33. The number of benzene rings is 1. The SMILES string of the molecule is COc1cccc(CN(C)CC(=O)NC(C)c2ccco2)c1. The number of nitrogens with one attached hydrogen (secondary N) is 1. The van der Waals surface area contributed by atoms with Gasteiger partial charge in [-0.1, -0.05) is 12.1 Å². The van der Waals surface area contributed by atoms with E-state index in [1.165, 1.54) is 0 Å². The first-order valence-corrected chi connectivity index (χ1v) is 7.22. The van der Waals surface area contributed by atoms with Gasteiger partial charge in [0.2, 0.25) is 5.91 Å². The van der Waals surface area contributed by atoms with Crippen molar-refractivity contribution in [1.29, 1.82) is 0 Å². The van der Waals surface area contributed by atoms with Crippen molar-refractivity contribution in [3.8, 4) is 5.75 Å². The first kappa shape index (κ1) is 16.1. The summed E-state index contributed by atoms with van der Waals surface area (Å²) >= 11 is 0. The number of amides is 1. The number of hydrogen-bond donors (Lipinski definition) is 1. The maximum absolute atomic E-state index is 12.1. The summed E-state index contributed by atoms with van der Waals surface area (Å²) in [6, 6.07) is 11.4. The summed E-state index contributed by atoms with van der Waals surface area (Å²) in [6.45, 7) is 2.90. The highest BCUT2D eigenvalue weighted by Gasteiger charge is 2.13. The molecule has 0 aliphatic carbocycles. The zero-order chi connectivity index (χ0) is 15.9. The number of nitrogens with zero attached hydrogens (tertiary/aromatic N) is 1. The molecule has 5 heteroatoms. The van der Waals surface area contributed by atoms with Crippen molar-refractivity contribution in [3.05, 3.63) is 54.0 Å². The monoisotopic (exact) mass is 302 g/mol. The van der Waals surface area contributed by atoms with Gasteiger partial charge in [-0.3, -0.25) is 9.69 Å². The average molecular weight is 302 g/mol. The Morgan fingerprint density at radius 3 is 2.86 bits per heavy atom. The van der Waals surface area contributed by atoms with Gasteiger partial charge in [0, 0.05) is 6.54 Å². The summed E-state index contributed by atoms with van der Waals surface area (Å²) in [5.74, 6) is 1.54. The third-order valence-electron chi connectivity index (χ3n) is 3.35. The van der Waals surface area contributed by atoms with Crippen LogP contribution in [0, 0.1) is 0 Å². The molecule has 1 N–H and O–H groups in total. The van der Waals surface area contributed by atoms with Crippen molar-refractivity contribution in [3.63, 3.8) is 0 Å². The van der Waals surface area contributed by atoms with Crippen LogP contribution in [0.25, 0.3) is 0 Å². The highest BCUT2D eigenvalue weighted by molar-refractivity contribution is 5.78. The fourth-order valence-corrected chi connectivity index (χ4v) is 2.28. The molecular formula is C17H22N2O3. The number of rotatable bonds is 7. The molecule has 1 aromatic heterocycles. The molecular weight excluding hydrogens is 280 g/mol. The smallest absolute Gasteiger partial charge is 0.234 e. The normalized spacial score (nSPS) is 12.2. The Bertz CT molecular complexity index is 596. The fraction of sp³-hybridized carbons (Fsp3) is 0.353. The third kappa shape index (κ3) is 4.63. The first-order valence-electron chi connectivity index (χ1n) is 7.22. The Morgan fingerprint density at radius 2 is 2.18 bits per heavy atom. The van der Waals surface area contributed by atoms with E-state index in [0.717, 1.165) is 17.1 Å². The van der Waals surface area contributed by atoms with E-state index in [2.05, 4.69) is 5.32 Å². The van der Waals surface area contributed by atoms with Crippen LogP contribution in [0.1, 0.15) is 24.3 Å². The number of furan rings is 1. The third-order valence-corrected chi connectivity index (χ3v) is 3.35. The van der Waals surface area contributed by atoms with Crippen molar-refractivity contribution in [1.82, 2.24) is 10.2 Å². The Balaban J connectivity index is 1.83. The fourth-order valence-electron chi connectivity index (χ4n) is 2.28. The van der Waals surface area contributed by atoms with Crippen molar-refractivity contribution in [2.75, 3.05) is 20.7 Å². The molecule has 1 aromatic carbocycles. The molecule has 1 atom stereocenters. The number of carbonyl (C=O) groups excluding carboxylic acids is 1. The highest BCUT2D eigenvalue weighted by atomic mass is 16.5. The second kappa shape index (κ2) is 7.66. The van der Waals surface area contributed by atoms with Gasteiger partial charge >= 0.3 is 0 Å². The van der Waals surface area contributed by atoms with Gasteiger partial charge in [0.15, 0.2) is 0 Å². The van der Waals surface area contributed by atoms with Crippen molar-refractivity contribution < 1.29 is 13.9 Å². The van der Waals surface area contributed by atoms with E-state index >= 15 is 0 Å². The summed E-state index contributed by atoms with van der Waals surface area (Å²) in [4.78, 5) is 14.0. The molecule has 1 heterocycles. The highest BCUT2D eigenvalue weighted by Crippen LogP contribution is 2.14. The molecule has 0 bridgehead atoms. The molecule has 5 nitrogen and oxygen atoms in total. The maximum atomic E-state index is 12.1. The molecule has 2 rings (SSSR count). The predicted molar refractivity (Wildman–Crippen MR) is 84.6 cm³/mol. The van der Waals surface area contributed by atoms with E-state index in [1.54, 1.807) is 13.4 Å². The van der Waals surface area contributed by atoms with E-state index in [-0.39, 0.29) is 11.9 Å². The number of ether oxygens (including phenoxy) is 1. The average Bonchev–Trinajstić information content (AvgIpc) is 3.01. The van der Waals surface area contributed by atoms with Crippen molar-refractivity contribution >= 4 is 5.91 Å². The second-order valence-electron chi connectivity index (χ2n) is 5.33. The Labute approximate surface area is 130 Å². The van der Waals surface area contributed by atoms with Gasteiger partial charge in [-0.15, -0.1) is 0 Å². The van der Waals surface area contributed by atoms with E-state index in [9.17, 15) is 4.79 Å². The standard InChI is InChI=1S/C17H22N2O3/c1-13(16-8-5-9-22-16)18-17(20)12-19(2)11-14-6-4-7-15(10-14)21-3/h4-10,13H,11-12H2,1-3H3,(H,18,20). The lowest BCUT2D eigenvalue weighted by molar-refractivity contribution is -0.122. The number of carbonyl (C=O) groups is 1. The van der Waals surface area contributed by atoms with Crippen LogP contribution < -0.4 is 10.1 Å². The number of methoxy groups -OCH3 is 1. The molecule has 0 saturated carbocycles. The van der Waals surface area contributed by atoms with Crippen LogP contribution in [0.2, 0.25) is 0 Å². The van der Waals surface area contributed by atoms with Crippen LogP contribution in [-0.4, -0.2) is 31.5 Å². The van der Waals surface area contributed by atoms with Gasteiger partial charge in [-0.2, -0.15) is 0 Å². The summed E-state index contributed by atoms with van der Waals surface area (Å²) in [5, 5.41) is 2.92. The van der Waals surface area contributed by atoms with Crippen molar-refractivity contribution in [2.45, 2.75) is 19.5 Å². The lowest BCUT2D eigenvalue weighted by atomic mass is 10.2. The van der Waals surface area contributed by atoms with Crippen molar-refractivity contribution in [2.24, 2.45) is 0 Å². The first-order chi connectivity index (χ1) is 10.6. The molecule has 0 aliphatic heterocycles. The molecule has 1 unspecified atom stereocenters. The lowest BCUT2D eigenvalue weighted by Gasteiger charge is -2.18. The Morgan fingerprint density at radius 1 is 1.36 bits per heavy atom. The summed E-state index contributed by atoms with van der Waals surface area (Å²) < 4.78 is 10.5. The van der Waals surface area contributed by atoms with Gasteiger partial charge in [0.1, 0.15) is 11.5 Å². The zero-order valence-electron chi connectivity index (χ0n) is 13.2. The van der Waals surface area contributed by atoms with Gasteiger partial charge in [0.25, 0.3) is 0 Å². The summed E-state index contributed by atoms with van der Waals surface area (Å²) in [5.41, 5.74) is 1.11. The molecule has 0 aliphatic rings. The summed E-state index contributed by atoms with van der Waals surface area (Å²) in [7, 11) is 3.56. The van der Waals surface area contributed by atoms with Crippen LogP contribution in [0.5, 0.6) is 5.75 Å². The maximum Gasteiger partial charge on any atom is 0.234 e. The molecule has 1 amide bonds. The molecule has 22 heavy (non-hydrogen) atoms. The molecule has 0 radical (unpaired) electrons. The quantitative estimate of drug-likeness (QED) is 0.854. The predicted octanol–water partition coefficient (Wildman–Crippen LogP) is 2.60. The van der Waals surface area contributed by atoms with E-state index in [0.29, 0.717) is 13.1 Å². The topological polar surface area (TPSA) is 54.7 Å². The van der Waals surface area contributed by atoms with Crippen LogP contribution in [0.4, 0.5) is 0 Å². The van der Waals surface area contributed by atoms with E-state index in [1.807, 2.05) is 55.3 Å². The number of hydrogen-bond acceptors (Lipinski definition) is 4. The van der Waals surface area contributed by atoms with Crippen LogP contribution >= 0.6 is 0 Å². The van der Waals surface area contributed by atoms with Gasteiger partial charge < -0.3 is 14.5 Å². The Kier molecular flexibility index (Phi) is 5.61. The minimum Gasteiger partial charge on any atom is -0.497 e. The van der Waals surface area contributed by atoms with Crippen LogP contribution in [0.3, 0.4) is 0 Å². The van der Waals surface area contributed by atoms with E-state index < -0.39 is 0 Å².